The lowest BCUT2D eigenvalue weighted by Crippen LogP contribution is -2.46. The van der Waals surface area contributed by atoms with E-state index in [1.165, 1.54) is 50.3 Å². The zero-order chi connectivity index (χ0) is 28.6. The summed E-state index contributed by atoms with van der Waals surface area (Å²) in [6.07, 6.45) is -3.12. The van der Waals surface area contributed by atoms with Gasteiger partial charge >= 0.3 is 24.3 Å². The third kappa shape index (κ3) is 9.94. The van der Waals surface area contributed by atoms with Gasteiger partial charge in [0.15, 0.2) is 0 Å². The van der Waals surface area contributed by atoms with Crippen LogP contribution < -0.4 is 0 Å². The molecule has 218 valence electrons. The Hall–Kier alpha value is -2.01. The minimum Gasteiger partial charge on any atom is -0.475 e. The van der Waals surface area contributed by atoms with Gasteiger partial charge < -0.3 is 19.7 Å². The first-order valence-electron chi connectivity index (χ1n) is 11.7. The third-order valence-corrected chi connectivity index (χ3v) is 7.43. The van der Waals surface area contributed by atoms with Crippen molar-refractivity contribution < 1.29 is 55.6 Å². The van der Waals surface area contributed by atoms with Crippen LogP contribution in [0.25, 0.3) is 0 Å². The maximum absolute atomic E-state index is 10.6. The molecule has 2 unspecified atom stereocenters. The fourth-order valence-corrected chi connectivity index (χ4v) is 5.48. The molecule has 0 bridgehead atoms. The normalized spacial score (nSPS) is 23.9. The molecular formula is C22H31F6N3O6S. The van der Waals surface area contributed by atoms with Gasteiger partial charge in [0.05, 0.1) is 19.8 Å². The number of thiazole rings is 1. The van der Waals surface area contributed by atoms with Crippen LogP contribution in [0.2, 0.25) is 0 Å². The average molecular weight is 580 g/mol. The number of carbonyl (C=O) groups is 2. The molecule has 0 aromatic carbocycles. The van der Waals surface area contributed by atoms with Crippen LogP contribution in [0, 0.1) is 5.41 Å². The van der Waals surface area contributed by atoms with Crippen LogP contribution in [-0.4, -0.2) is 108 Å². The fraction of sp³-hybridized carbons (Fsp3) is 0.773. The van der Waals surface area contributed by atoms with Crippen molar-refractivity contribution in [2.45, 2.75) is 56.7 Å². The van der Waals surface area contributed by atoms with E-state index >= 15 is 0 Å². The smallest absolute Gasteiger partial charge is 0.475 e. The molecule has 0 amide bonds. The number of piperidine rings is 1. The molecule has 9 nitrogen and oxygen atoms in total. The number of carboxylic acid groups (broad SMARTS) is 2. The number of likely N-dealkylation sites (tertiary alicyclic amines) is 2. The highest BCUT2D eigenvalue weighted by atomic mass is 32.1. The molecule has 1 spiro atoms. The molecule has 4 rings (SSSR count). The first-order valence-corrected chi connectivity index (χ1v) is 12.6. The zero-order valence-electron chi connectivity index (χ0n) is 20.6. The molecule has 3 aliphatic heterocycles. The number of rotatable bonds is 5. The van der Waals surface area contributed by atoms with E-state index in [9.17, 15) is 26.3 Å². The number of ether oxygens (including phenoxy) is 2. The van der Waals surface area contributed by atoms with Crippen molar-refractivity contribution >= 4 is 23.3 Å². The van der Waals surface area contributed by atoms with Gasteiger partial charge in [-0.2, -0.15) is 26.3 Å². The number of aromatic nitrogens is 1. The lowest BCUT2D eigenvalue weighted by atomic mass is 9.76. The summed E-state index contributed by atoms with van der Waals surface area (Å²) in [4.78, 5) is 27.6. The molecule has 2 atom stereocenters. The molecule has 0 radical (unpaired) electrons. The lowest BCUT2D eigenvalue weighted by Gasteiger charge is -2.41. The molecule has 0 aliphatic carbocycles. The van der Waals surface area contributed by atoms with Crippen LogP contribution in [0.1, 0.15) is 30.7 Å². The number of carboxylic acids is 2. The van der Waals surface area contributed by atoms with Crippen molar-refractivity contribution in [1.82, 2.24) is 14.8 Å². The van der Waals surface area contributed by atoms with Crippen molar-refractivity contribution in [3.05, 3.63) is 16.6 Å². The number of hydrogen-bond acceptors (Lipinski definition) is 8. The Morgan fingerprint density at radius 2 is 1.74 bits per heavy atom. The van der Waals surface area contributed by atoms with E-state index in [1.807, 2.05) is 13.3 Å². The Labute approximate surface area is 219 Å². The average Bonchev–Trinajstić information content (AvgIpc) is 3.58. The van der Waals surface area contributed by atoms with E-state index in [4.69, 9.17) is 29.3 Å². The quantitative estimate of drug-likeness (QED) is 0.507. The van der Waals surface area contributed by atoms with Gasteiger partial charge in [-0.1, -0.05) is 0 Å². The summed E-state index contributed by atoms with van der Waals surface area (Å²) >= 11 is 1.77. The third-order valence-electron chi connectivity index (χ3n) is 6.67. The van der Waals surface area contributed by atoms with Gasteiger partial charge in [-0.15, -0.1) is 11.3 Å². The highest BCUT2D eigenvalue weighted by molar-refractivity contribution is 7.09. The minimum atomic E-state index is -5.08. The van der Waals surface area contributed by atoms with Crippen LogP contribution in [0.3, 0.4) is 0 Å². The first-order chi connectivity index (χ1) is 17.7. The SMILES string of the molecule is COCC1CC2(CCN(C3CCOC3)CC2)CN1Cc1nccs1.O=C(O)C(F)(F)F.O=C(O)C(F)(F)F. The molecule has 1 aromatic rings. The van der Waals surface area contributed by atoms with Crippen molar-refractivity contribution in [2.75, 3.05) is 46.6 Å². The summed E-state index contributed by atoms with van der Waals surface area (Å²) in [6, 6.07) is 1.21. The molecule has 3 saturated heterocycles. The number of nitrogens with zero attached hydrogens (tertiary/aromatic N) is 3. The van der Waals surface area contributed by atoms with Gasteiger partial charge in [0, 0.05) is 43.9 Å². The standard InChI is InChI=1S/C18H29N3O2S.2C2HF3O2/c1-22-12-16-10-18(14-21(16)11-17-19-5-9-24-17)3-6-20(7-4-18)15-2-8-23-13-15;2*3-2(4,5)1(6)7/h5,9,15-16H,2-4,6-8,10-14H2,1H3;2*(H,6,7). The Morgan fingerprint density at radius 1 is 1.16 bits per heavy atom. The summed E-state index contributed by atoms with van der Waals surface area (Å²) in [5, 5.41) is 17.6. The Balaban J connectivity index is 0.000000301. The van der Waals surface area contributed by atoms with Gasteiger partial charge in [-0.25, -0.2) is 14.6 Å². The van der Waals surface area contributed by atoms with E-state index < -0.39 is 24.3 Å². The number of halogens is 6. The second-order valence-corrected chi connectivity index (χ2v) is 10.3. The minimum absolute atomic E-state index is 0.483. The molecule has 3 aliphatic rings. The van der Waals surface area contributed by atoms with E-state index in [0.717, 1.165) is 26.4 Å². The van der Waals surface area contributed by atoms with Gasteiger partial charge in [-0.05, 0) is 44.2 Å². The number of alkyl halides is 6. The monoisotopic (exact) mass is 579 g/mol. The van der Waals surface area contributed by atoms with Gasteiger partial charge in [0.1, 0.15) is 5.01 Å². The zero-order valence-corrected chi connectivity index (χ0v) is 21.4. The highest BCUT2D eigenvalue weighted by Gasteiger charge is 2.46. The molecule has 38 heavy (non-hydrogen) atoms. The predicted molar refractivity (Wildman–Crippen MR) is 123 cm³/mol. The molecule has 3 fully saturated rings. The molecule has 2 N–H and O–H groups in total. The van der Waals surface area contributed by atoms with Crippen LogP contribution >= 0.6 is 11.3 Å². The van der Waals surface area contributed by atoms with Gasteiger partial charge in [-0.3, -0.25) is 9.80 Å². The van der Waals surface area contributed by atoms with Gasteiger partial charge in [0.2, 0.25) is 0 Å². The fourth-order valence-electron chi connectivity index (χ4n) is 4.84. The van der Waals surface area contributed by atoms with Crippen LogP contribution in [0.4, 0.5) is 26.3 Å². The summed E-state index contributed by atoms with van der Waals surface area (Å²) < 4.78 is 74.6. The lowest BCUT2D eigenvalue weighted by molar-refractivity contribution is -0.193. The van der Waals surface area contributed by atoms with Crippen LogP contribution in [0.15, 0.2) is 11.6 Å². The maximum Gasteiger partial charge on any atom is 0.490 e. The van der Waals surface area contributed by atoms with E-state index in [2.05, 4.69) is 20.2 Å². The van der Waals surface area contributed by atoms with E-state index in [0.29, 0.717) is 17.5 Å². The van der Waals surface area contributed by atoms with Crippen molar-refractivity contribution in [3.63, 3.8) is 0 Å². The summed E-state index contributed by atoms with van der Waals surface area (Å²) in [5.74, 6) is -5.51. The van der Waals surface area contributed by atoms with Crippen molar-refractivity contribution in [3.8, 4) is 0 Å². The van der Waals surface area contributed by atoms with Crippen molar-refractivity contribution in [1.29, 1.82) is 0 Å². The van der Waals surface area contributed by atoms with Crippen LogP contribution in [-0.2, 0) is 25.6 Å². The largest absolute Gasteiger partial charge is 0.490 e. The topological polar surface area (TPSA) is 112 Å². The molecule has 0 saturated carbocycles. The molecule has 16 heteroatoms. The Morgan fingerprint density at radius 3 is 2.16 bits per heavy atom. The summed E-state index contributed by atoms with van der Waals surface area (Å²) in [6.45, 7) is 7.38. The summed E-state index contributed by atoms with van der Waals surface area (Å²) in [5.41, 5.74) is 0.483. The Kier molecular flexibility index (Phi) is 11.8. The second kappa shape index (κ2) is 13.9. The highest BCUT2D eigenvalue weighted by Crippen LogP contribution is 2.44. The molecular weight excluding hydrogens is 548 g/mol. The number of aliphatic carboxylic acids is 2. The Bertz CT molecular complexity index is 848. The van der Waals surface area contributed by atoms with Crippen molar-refractivity contribution in [2.24, 2.45) is 5.41 Å². The maximum atomic E-state index is 10.6. The van der Waals surface area contributed by atoms with Crippen LogP contribution in [0.5, 0.6) is 0 Å². The van der Waals surface area contributed by atoms with E-state index in [-0.39, 0.29) is 0 Å². The molecule has 4 heterocycles. The predicted octanol–water partition coefficient (Wildman–Crippen LogP) is 3.50. The second-order valence-electron chi connectivity index (χ2n) is 9.30. The number of hydrogen-bond donors (Lipinski definition) is 2. The molecule has 1 aromatic heterocycles. The van der Waals surface area contributed by atoms with Gasteiger partial charge in [0.25, 0.3) is 0 Å². The summed E-state index contributed by atoms with van der Waals surface area (Å²) in [7, 11) is 1.83. The first kappa shape index (κ1) is 32.2. The number of methoxy groups -OCH3 is 1. The van der Waals surface area contributed by atoms with E-state index in [1.54, 1.807) is 11.3 Å².